The Balaban J connectivity index is 0.000000256. The van der Waals surface area contributed by atoms with Gasteiger partial charge in [0.1, 0.15) is 23.5 Å². The van der Waals surface area contributed by atoms with Crippen LogP contribution in [0.4, 0.5) is 18.9 Å². The Morgan fingerprint density at radius 3 is 2.56 bits per heavy atom. The second-order valence-corrected chi connectivity index (χ2v) is 7.67. The zero-order valence-electron chi connectivity index (χ0n) is 18.1. The molecular formula is C25H15F3N2O6. The number of halogens is 3. The summed E-state index contributed by atoms with van der Waals surface area (Å²) in [7, 11) is 0. The zero-order valence-corrected chi connectivity index (χ0v) is 18.1. The van der Waals surface area contributed by atoms with Crippen molar-refractivity contribution in [3.05, 3.63) is 83.0 Å². The molecule has 11 heteroatoms. The number of nitrogens with zero attached hydrogens (tertiary/aromatic N) is 2. The van der Waals surface area contributed by atoms with E-state index in [9.17, 15) is 18.0 Å². The van der Waals surface area contributed by atoms with Gasteiger partial charge in [-0.1, -0.05) is 12.1 Å². The first-order valence-electron chi connectivity index (χ1n) is 10.3. The lowest BCUT2D eigenvalue weighted by atomic mass is 10.1. The molecule has 3 aromatic rings. The first-order valence-corrected chi connectivity index (χ1v) is 10.3. The predicted molar refractivity (Wildman–Crippen MR) is 117 cm³/mol. The Morgan fingerprint density at radius 1 is 1.14 bits per heavy atom. The van der Waals surface area contributed by atoms with Gasteiger partial charge in [-0.05, 0) is 30.3 Å². The Hall–Kier alpha value is -4.90. The third-order valence-electron chi connectivity index (χ3n) is 5.42. The lowest BCUT2D eigenvalue weighted by Gasteiger charge is -2.13. The van der Waals surface area contributed by atoms with Crippen molar-refractivity contribution >= 4 is 11.7 Å². The van der Waals surface area contributed by atoms with Crippen molar-refractivity contribution < 1.29 is 42.4 Å². The van der Waals surface area contributed by atoms with Gasteiger partial charge in [0, 0.05) is 23.6 Å². The lowest BCUT2D eigenvalue weighted by molar-refractivity contribution is -0.139. The van der Waals surface area contributed by atoms with E-state index >= 15 is 0 Å². The number of phenols is 1. The third-order valence-corrected chi connectivity index (χ3v) is 5.42. The molecule has 5 rings (SSSR count). The molecule has 0 radical (unpaired) electrons. The van der Waals surface area contributed by atoms with E-state index in [1.165, 1.54) is 24.3 Å². The monoisotopic (exact) mass is 496 g/mol. The van der Waals surface area contributed by atoms with Gasteiger partial charge < -0.3 is 24.4 Å². The number of rotatable bonds is 5. The Morgan fingerprint density at radius 2 is 1.92 bits per heavy atom. The molecule has 0 aromatic heterocycles. The summed E-state index contributed by atoms with van der Waals surface area (Å²) in [5.74, 6) is -2.14. The minimum atomic E-state index is -3.05. The summed E-state index contributed by atoms with van der Waals surface area (Å²) < 4.78 is 53.1. The van der Waals surface area contributed by atoms with Crippen LogP contribution in [-0.2, 0) is 4.79 Å². The van der Waals surface area contributed by atoms with E-state index in [1.54, 1.807) is 24.3 Å². The Labute approximate surface area is 202 Å². The van der Waals surface area contributed by atoms with E-state index in [2.05, 4.69) is 9.58 Å². The van der Waals surface area contributed by atoms with E-state index in [0.717, 1.165) is 17.7 Å². The Bertz CT molecular complexity index is 1420. The second kappa shape index (κ2) is 9.76. The number of alkyl halides is 2. The van der Waals surface area contributed by atoms with Crippen LogP contribution < -0.4 is 14.2 Å². The molecule has 1 heterocycles. The highest BCUT2D eigenvalue weighted by atomic mass is 19.3. The molecule has 0 spiro atoms. The third kappa shape index (κ3) is 4.95. The van der Waals surface area contributed by atoms with E-state index in [0.29, 0.717) is 11.5 Å². The van der Waals surface area contributed by atoms with Crippen molar-refractivity contribution in [3.63, 3.8) is 0 Å². The normalized spacial score (nSPS) is 18.3. The first-order chi connectivity index (χ1) is 17.2. The maximum absolute atomic E-state index is 12.6. The topological polar surface area (TPSA) is 113 Å². The molecule has 1 saturated carbocycles. The molecule has 3 aromatic carbocycles. The van der Waals surface area contributed by atoms with Gasteiger partial charge in [-0.2, -0.15) is 14.0 Å². The van der Waals surface area contributed by atoms with Crippen molar-refractivity contribution in [2.24, 2.45) is 5.92 Å². The summed E-state index contributed by atoms with van der Waals surface area (Å²) >= 11 is 0. The summed E-state index contributed by atoms with van der Waals surface area (Å²) in [5, 5.41) is 26.1. The number of hydrogen-bond acceptors (Lipinski definition) is 6. The molecule has 0 saturated heterocycles. The maximum Gasteiger partial charge on any atom is 0.387 e. The molecule has 3 unspecified atom stereocenters. The molecule has 8 nitrogen and oxygen atoms in total. The van der Waals surface area contributed by atoms with E-state index < -0.39 is 30.1 Å². The largest absolute Gasteiger partial charge is 0.505 e. The fourth-order valence-corrected chi connectivity index (χ4v) is 3.74. The molecule has 1 aliphatic heterocycles. The zero-order chi connectivity index (χ0) is 26.0. The summed E-state index contributed by atoms with van der Waals surface area (Å²) in [6.45, 7) is 3.90. The molecule has 36 heavy (non-hydrogen) atoms. The van der Waals surface area contributed by atoms with Crippen molar-refractivity contribution in [2.45, 2.75) is 18.6 Å². The minimum absolute atomic E-state index is 0.0317. The Kier molecular flexibility index (Phi) is 6.57. The first kappa shape index (κ1) is 24.2. The molecule has 1 aliphatic carbocycles. The highest BCUT2D eigenvalue weighted by Crippen LogP contribution is 2.59. The SMILES string of the molecule is N#Cc1ccc(F)c(O)c1.[C-]#[N+]c1ccc(Oc2ccc3c(c2)OC2C(C(=O)O)C32)c(OC(F)F)c1. The smallest absolute Gasteiger partial charge is 0.387 e. The van der Waals surface area contributed by atoms with Crippen LogP contribution >= 0.6 is 0 Å². The number of nitriles is 1. The van der Waals surface area contributed by atoms with Gasteiger partial charge in [0.2, 0.25) is 0 Å². The molecule has 2 N–H and O–H groups in total. The minimum Gasteiger partial charge on any atom is -0.505 e. The summed E-state index contributed by atoms with van der Waals surface area (Å²) in [6, 6.07) is 14.1. The van der Waals surface area contributed by atoms with Crippen LogP contribution in [0.1, 0.15) is 17.0 Å². The van der Waals surface area contributed by atoms with Gasteiger partial charge >= 0.3 is 12.6 Å². The average Bonchev–Trinajstić information content (AvgIpc) is 3.44. The summed E-state index contributed by atoms with van der Waals surface area (Å²) in [6.07, 6.45) is -0.367. The standard InChI is InChI=1S/C18H11F2NO5.C7H4FNO/c1-21-8-2-5-11(13(6-8)26-18(19)20)24-9-3-4-10-12(7-9)25-16-14(10)15(16)17(22)23;8-6-2-1-5(4-9)3-7(6)10/h2-7,14-16,18H,(H,22,23);1-3,10H. The quantitative estimate of drug-likeness (QED) is 0.443. The van der Waals surface area contributed by atoms with Gasteiger partial charge in [-0.3, -0.25) is 4.79 Å². The van der Waals surface area contributed by atoms with Gasteiger partial charge in [0.15, 0.2) is 28.8 Å². The van der Waals surface area contributed by atoms with Crippen LogP contribution in [0.25, 0.3) is 4.85 Å². The number of ether oxygens (including phenoxy) is 3. The van der Waals surface area contributed by atoms with Crippen LogP contribution in [0.2, 0.25) is 0 Å². The van der Waals surface area contributed by atoms with Gasteiger partial charge in [0.05, 0.1) is 18.2 Å². The highest BCUT2D eigenvalue weighted by Gasteiger charge is 2.63. The number of fused-ring (bicyclic) bond motifs is 3. The van der Waals surface area contributed by atoms with Crippen molar-refractivity contribution in [1.82, 2.24) is 0 Å². The molecule has 0 amide bonds. The fraction of sp³-hybridized carbons (Fsp3) is 0.160. The van der Waals surface area contributed by atoms with Gasteiger partial charge in [-0.25, -0.2) is 9.24 Å². The predicted octanol–water partition coefficient (Wildman–Crippen LogP) is 5.59. The molecule has 0 bridgehead atoms. The van der Waals surface area contributed by atoms with Crippen molar-refractivity contribution in [1.29, 1.82) is 5.26 Å². The van der Waals surface area contributed by atoms with E-state index in [4.69, 9.17) is 31.5 Å². The molecule has 2 aliphatic rings. The van der Waals surface area contributed by atoms with E-state index in [-0.39, 0.29) is 34.8 Å². The molecule has 3 atom stereocenters. The van der Waals surface area contributed by atoms with Crippen LogP contribution in [-0.4, -0.2) is 28.9 Å². The lowest BCUT2D eigenvalue weighted by Crippen LogP contribution is -2.08. The maximum atomic E-state index is 12.6. The highest BCUT2D eigenvalue weighted by molar-refractivity contribution is 5.79. The van der Waals surface area contributed by atoms with Crippen LogP contribution in [0.3, 0.4) is 0 Å². The number of benzene rings is 3. The van der Waals surface area contributed by atoms with Crippen LogP contribution in [0.5, 0.6) is 28.7 Å². The van der Waals surface area contributed by atoms with Crippen LogP contribution in [0, 0.1) is 29.6 Å². The van der Waals surface area contributed by atoms with E-state index in [1.807, 2.05) is 0 Å². The molecule has 1 fully saturated rings. The average molecular weight is 496 g/mol. The summed E-state index contributed by atoms with van der Waals surface area (Å²) in [4.78, 5) is 14.2. The molecule has 182 valence electrons. The summed E-state index contributed by atoms with van der Waals surface area (Å²) in [5.41, 5.74) is 1.19. The second-order valence-electron chi connectivity index (χ2n) is 7.67. The number of aliphatic carboxylic acids is 1. The fourth-order valence-electron chi connectivity index (χ4n) is 3.74. The van der Waals surface area contributed by atoms with Crippen LogP contribution in [0.15, 0.2) is 54.6 Å². The van der Waals surface area contributed by atoms with Crippen molar-refractivity contribution in [3.8, 4) is 34.8 Å². The number of aromatic hydroxyl groups is 1. The number of phenolic OH excluding ortho intramolecular Hbond substituents is 1. The number of carboxylic acids is 1. The van der Waals surface area contributed by atoms with Crippen molar-refractivity contribution in [2.75, 3.05) is 0 Å². The number of hydrogen-bond donors (Lipinski definition) is 2. The number of carbonyl (C=O) groups is 1. The van der Waals surface area contributed by atoms with Gasteiger partial charge in [-0.15, -0.1) is 0 Å². The van der Waals surface area contributed by atoms with Gasteiger partial charge in [0.25, 0.3) is 0 Å². The number of carboxylic acid groups (broad SMARTS) is 1. The molecular weight excluding hydrogens is 481 g/mol.